The van der Waals surface area contributed by atoms with Crippen LogP contribution in [0.5, 0.6) is 5.75 Å². The van der Waals surface area contributed by atoms with E-state index in [-0.39, 0.29) is 6.10 Å². The third-order valence-corrected chi connectivity index (χ3v) is 3.39. The summed E-state index contributed by atoms with van der Waals surface area (Å²) in [6.07, 6.45) is 0.139. The number of amides is 1. The van der Waals surface area contributed by atoms with E-state index >= 15 is 0 Å². The van der Waals surface area contributed by atoms with Crippen molar-refractivity contribution in [1.29, 1.82) is 0 Å². The zero-order valence-corrected chi connectivity index (χ0v) is 14.6. The van der Waals surface area contributed by atoms with Crippen molar-refractivity contribution in [3.05, 3.63) is 59.2 Å². The van der Waals surface area contributed by atoms with Gasteiger partial charge in [0.25, 0.3) is 5.91 Å². The van der Waals surface area contributed by atoms with Gasteiger partial charge < -0.3 is 19.9 Å². The summed E-state index contributed by atoms with van der Waals surface area (Å²) in [4.78, 5) is 12.2. The van der Waals surface area contributed by atoms with Crippen LogP contribution in [0.1, 0.15) is 29.8 Å². The monoisotopic (exact) mass is 365 g/mol. The van der Waals surface area contributed by atoms with Crippen LogP contribution in [0.15, 0.2) is 36.4 Å². The van der Waals surface area contributed by atoms with Gasteiger partial charge in [-0.05, 0) is 31.5 Å². The summed E-state index contributed by atoms with van der Waals surface area (Å²) in [7, 11) is 0. The van der Waals surface area contributed by atoms with Gasteiger partial charge in [0.05, 0.1) is 25.9 Å². The van der Waals surface area contributed by atoms with E-state index in [9.17, 15) is 18.7 Å². The minimum absolute atomic E-state index is 0.139. The SMILES string of the molecule is CC(C)OCCOCc1cccc(NC(=O)c2c(O)cc(F)cc2F)c1. The minimum Gasteiger partial charge on any atom is -0.507 e. The van der Waals surface area contributed by atoms with Gasteiger partial charge in [-0.3, -0.25) is 4.79 Å². The number of rotatable bonds is 8. The molecule has 0 aliphatic carbocycles. The molecule has 1 amide bonds. The standard InChI is InChI=1S/C19H21F2NO4/c1-12(2)26-7-6-25-11-13-4-3-5-15(8-13)22-19(24)18-16(21)9-14(20)10-17(18)23/h3-5,8-10,12,23H,6-7,11H2,1-2H3,(H,22,24). The first kappa shape index (κ1) is 19.8. The second-order valence-corrected chi connectivity index (χ2v) is 5.91. The van der Waals surface area contributed by atoms with Gasteiger partial charge in [0.15, 0.2) is 0 Å². The number of nitrogens with one attached hydrogen (secondary N) is 1. The molecule has 0 radical (unpaired) electrons. The Morgan fingerprint density at radius 1 is 1.19 bits per heavy atom. The lowest BCUT2D eigenvalue weighted by Gasteiger charge is -2.10. The van der Waals surface area contributed by atoms with E-state index < -0.39 is 28.9 Å². The van der Waals surface area contributed by atoms with Crippen LogP contribution in [0.4, 0.5) is 14.5 Å². The molecule has 0 saturated heterocycles. The predicted molar refractivity (Wildman–Crippen MR) is 93.2 cm³/mol. The number of aromatic hydroxyl groups is 1. The molecule has 26 heavy (non-hydrogen) atoms. The molecular weight excluding hydrogens is 344 g/mol. The van der Waals surface area contributed by atoms with E-state index in [1.54, 1.807) is 18.2 Å². The van der Waals surface area contributed by atoms with Crippen LogP contribution in [-0.4, -0.2) is 30.3 Å². The van der Waals surface area contributed by atoms with Gasteiger partial charge >= 0.3 is 0 Å². The molecule has 0 aliphatic rings. The highest BCUT2D eigenvalue weighted by atomic mass is 19.1. The Kier molecular flexibility index (Phi) is 7.06. The van der Waals surface area contributed by atoms with Gasteiger partial charge in [-0.15, -0.1) is 0 Å². The lowest BCUT2D eigenvalue weighted by molar-refractivity contribution is 0.0143. The second kappa shape index (κ2) is 9.26. The molecule has 0 heterocycles. The third kappa shape index (κ3) is 5.79. The Bertz CT molecular complexity index is 742. The largest absolute Gasteiger partial charge is 0.507 e. The molecule has 0 aromatic heterocycles. The number of hydrogen-bond acceptors (Lipinski definition) is 4. The normalized spacial score (nSPS) is 11.0. The van der Waals surface area contributed by atoms with E-state index in [2.05, 4.69) is 5.32 Å². The maximum Gasteiger partial charge on any atom is 0.262 e. The summed E-state index contributed by atoms with van der Waals surface area (Å²) in [6.45, 7) is 5.11. The number of phenols is 1. The van der Waals surface area contributed by atoms with E-state index in [1.807, 2.05) is 19.9 Å². The van der Waals surface area contributed by atoms with E-state index in [1.165, 1.54) is 0 Å². The molecule has 0 spiro atoms. The summed E-state index contributed by atoms with van der Waals surface area (Å²) in [6, 6.07) is 8.02. The molecule has 2 N–H and O–H groups in total. The Morgan fingerprint density at radius 3 is 2.65 bits per heavy atom. The fourth-order valence-corrected chi connectivity index (χ4v) is 2.25. The van der Waals surface area contributed by atoms with Gasteiger partial charge in [-0.25, -0.2) is 8.78 Å². The van der Waals surface area contributed by atoms with Crippen molar-refractivity contribution >= 4 is 11.6 Å². The fourth-order valence-electron chi connectivity index (χ4n) is 2.25. The Balaban J connectivity index is 1.97. The van der Waals surface area contributed by atoms with Crippen LogP contribution >= 0.6 is 0 Å². The average molecular weight is 365 g/mol. The molecule has 0 atom stereocenters. The first-order valence-corrected chi connectivity index (χ1v) is 8.14. The van der Waals surface area contributed by atoms with Crippen molar-refractivity contribution in [3.8, 4) is 5.75 Å². The Labute approximate surface area is 150 Å². The maximum absolute atomic E-state index is 13.7. The third-order valence-electron chi connectivity index (χ3n) is 3.39. The summed E-state index contributed by atoms with van der Waals surface area (Å²) in [5.74, 6) is -3.73. The highest BCUT2D eigenvalue weighted by Gasteiger charge is 2.18. The van der Waals surface area contributed by atoms with Gasteiger partial charge in [-0.2, -0.15) is 0 Å². The molecule has 0 fully saturated rings. The molecule has 0 unspecified atom stereocenters. The van der Waals surface area contributed by atoms with Crippen molar-refractivity contribution in [2.45, 2.75) is 26.6 Å². The number of phenolic OH excluding ortho intramolecular Hbond substituents is 1. The summed E-state index contributed by atoms with van der Waals surface area (Å²) >= 11 is 0. The number of halogens is 2. The number of hydrogen-bond donors (Lipinski definition) is 2. The molecule has 2 aromatic carbocycles. The molecule has 0 bridgehead atoms. The lowest BCUT2D eigenvalue weighted by atomic mass is 10.1. The topological polar surface area (TPSA) is 67.8 Å². The zero-order valence-electron chi connectivity index (χ0n) is 14.6. The van der Waals surface area contributed by atoms with Crippen molar-refractivity contribution in [1.82, 2.24) is 0 Å². The molecule has 5 nitrogen and oxygen atoms in total. The number of carbonyl (C=O) groups is 1. The highest BCUT2D eigenvalue weighted by molar-refractivity contribution is 6.06. The zero-order chi connectivity index (χ0) is 19.1. The maximum atomic E-state index is 13.7. The van der Waals surface area contributed by atoms with Gasteiger partial charge in [-0.1, -0.05) is 12.1 Å². The predicted octanol–water partition coefficient (Wildman–Crippen LogP) is 3.86. The molecule has 0 aliphatic heterocycles. The Morgan fingerprint density at radius 2 is 1.96 bits per heavy atom. The van der Waals surface area contributed by atoms with E-state index in [0.29, 0.717) is 37.6 Å². The molecule has 2 rings (SSSR count). The first-order chi connectivity index (χ1) is 12.4. The Hall–Kier alpha value is -2.51. The smallest absolute Gasteiger partial charge is 0.262 e. The van der Waals surface area contributed by atoms with Crippen molar-refractivity contribution in [2.75, 3.05) is 18.5 Å². The van der Waals surface area contributed by atoms with Crippen molar-refractivity contribution in [2.24, 2.45) is 0 Å². The van der Waals surface area contributed by atoms with E-state index in [0.717, 1.165) is 5.56 Å². The fraction of sp³-hybridized carbons (Fsp3) is 0.316. The highest BCUT2D eigenvalue weighted by Crippen LogP contribution is 2.23. The van der Waals surface area contributed by atoms with Crippen LogP contribution < -0.4 is 5.32 Å². The van der Waals surface area contributed by atoms with Gasteiger partial charge in [0, 0.05) is 17.8 Å². The quantitative estimate of drug-likeness (QED) is 0.697. The minimum atomic E-state index is -1.13. The summed E-state index contributed by atoms with van der Waals surface area (Å²) in [5, 5.41) is 12.1. The van der Waals surface area contributed by atoms with Crippen LogP contribution in [0.25, 0.3) is 0 Å². The van der Waals surface area contributed by atoms with Crippen LogP contribution in [0.2, 0.25) is 0 Å². The number of anilines is 1. The molecule has 2 aromatic rings. The van der Waals surface area contributed by atoms with Gasteiger partial charge in [0.1, 0.15) is 22.9 Å². The van der Waals surface area contributed by atoms with Crippen LogP contribution in [0.3, 0.4) is 0 Å². The molecule has 7 heteroatoms. The molecule has 0 saturated carbocycles. The molecular formula is C19H21F2NO4. The van der Waals surface area contributed by atoms with Crippen LogP contribution in [0, 0.1) is 11.6 Å². The van der Waals surface area contributed by atoms with Crippen molar-refractivity contribution in [3.63, 3.8) is 0 Å². The summed E-state index contributed by atoms with van der Waals surface area (Å²) in [5.41, 5.74) is 0.590. The lowest BCUT2D eigenvalue weighted by Crippen LogP contribution is -2.14. The van der Waals surface area contributed by atoms with Crippen LogP contribution in [-0.2, 0) is 16.1 Å². The number of ether oxygens (including phenoxy) is 2. The number of benzene rings is 2. The first-order valence-electron chi connectivity index (χ1n) is 8.14. The second-order valence-electron chi connectivity index (χ2n) is 5.91. The average Bonchev–Trinajstić information content (AvgIpc) is 2.53. The van der Waals surface area contributed by atoms with E-state index in [4.69, 9.17) is 9.47 Å². The van der Waals surface area contributed by atoms with Gasteiger partial charge in [0.2, 0.25) is 0 Å². The number of carbonyl (C=O) groups excluding carboxylic acids is 1. The molecule has 140 valence electrons. The van der Waals surface area contributed by atoms with Crippen molar-refractivity contribution < 1.29 is 28.2 Å². The summed E-state index contributed by atoms with van der Waals surface area (Å²) < 4.78 is 37.6.